The third-order valence-corrected chi connectivity index (χ3v) is 6.06. The van der Waals surface area contributed by atoms with E-state index in [1.54, 1.807) is 6.07 Å². The molecule has 0 spiro atoms. The number of carbonyl (C=O) groups excluding carboxylic acids is 3. The van der Waals surface area contributed by atoms with Gasteiger partial charge in [0.05, 0.1) is 6.54 Å². The molecule has 2 atom stereocenters. The maximum Gasteiger partial charge on any atom is 0.273 e. The summed E-state index contributed by atoms with van der Waals surface area (Å²) in [7, 11) is 0. The number of hydrogen-bond acceptors (Lipinski definition) is 5. The number of fused-ring (bicyclic) bond motifs is 1. The van der Waals surface area contributed by atoms with Crippen molar-refractivity contribution in [3.63, 3.8) is 0 Å². The largest absolute Gasteiger partial charge is 0.489 e. The van der Waals surface area contributed by atoms with Crippen LogP contribution in [0.15, 0.2) is 18.2 Å². The first-order chi connectivity index (χ1) is 13.5. The zero-order valence-corrected chi connectivity index (χ0v) is 16.5. The smallest absolute Gasteiger partial charge is 0.273 e. The highest BCUT2D eigenvalue weighted by molar-refractivity contribution is 6.04. The lowest BCUT2D eigenvalue weighted by Crippen LogP contribution is -2.51. The van der Waals surface area contributed by atoms with Gasteiger partial charge < -0.3 is 4.74 Å². The standard InChI is InChI=1S/C21H27N3O4/c1-3-22-10-9-14(2)18(13-22)28-16-7-8-17-15(11-16)12-23(21(17)27)24-19(25)5-4-6-20(24)26/h7-8,11,14,18H,3-6,9-10,12-13H2,1-2H3/t14-,18+/m1/s1. The van der Waals surface area contributed by atoms with Crippen molar-refractivity contribution in [1.29, 1.82) is 0 Å². The van der Waals surface area contributed by atoms with Gasteiger partial charge in [-0.15, -0.1) is 0 Å². The van der Waals surface area contributed by atoms with E-state index < -0.39 is 0 Å². The lowest BCUT2D eigenvalue weighted by molar-refractivity contribution is -0.163. The minimum Gasteiger partial charge on any atom is -0.489 e. The van der Waals surface area contributed by atoms with Gasteiger partial charge in [0, 0.05) is 24.9 Å². The second-order valence-electron chi connectivity index (χ2n) is 7.95. The quantitative estimate of drug-likeness (QED) is 0.743. The Balaban J connectivity index is 1.51. The van der Waals surface area contributed by atoms with Gasteiger partial charge >= 0.3 is 0 Å². The number of imide groups is 1. The highest BCUT2D eigenvalue weighted by Gasteiger charge is 2.39. The summed E-state index contributed by atoms with van der Waals surface area (Å²) in [4.78, 5) is 39.5. The number of likely N-dealkylation sites (N-methyl/N-ethyl adjacent to an activating group) is 1. The monoisotopic (exact) mass is 385 g/mol. The van der Waals surface area contributed by atoms with Crippen LogP contribution in [0.25, 0.3) is 0 Å². The van der Waals surface area contributed by atoms with Gasteiger partial charge in [-0.3, -0.25) is 19.3 Å². The van der Waals surface area contributed by atoms with Crippen LogP contribution in [0.2, 0.25) is 0 Å². The van der Waals surface area contributed by atoms with Crippen LogP contribution < -0.4 is 4.74 Å². The van der Waals surface area contributed by atoms with E-state index in [4.69, 9.17) is 4.74 Å². The van der Waals surface area contributed by atoms with Crippen molar-refractivity contribution >= 4 is 17.7 Å². The van der Waals surface area contributed by atoms with Gasteiger partial charge in [-0.05, 0) is 55.6 Å². The van der Waals surface area contributed by atoms with Crippen molar-refractivity contribution in [3.8, 4) is 5.75 Å². The van der Waals surface area contributed by atoms with Crippen molar-refractivity contribution in [2.45, 2.75) is 52.2 Å². The number of hydrogen-bond donors (Lipinski definition) is 0. The molecule has 3 aliphatic heterocycles. The molecule has 0 aromatic heterocycles. The molecule has 0 bridgehead atoms. The van der Waals surface area contributed by atoms with Gasteiger partial charge in [0.1, 0.15) is 11.9 Å². The summed E-state index contributed by atoms with van der Waals surface area (Å²) >= 11 is 0. The Bertz CT molecular complexity index is 793. The van der Waals surface area contributed by atoms with Crippen LogP contribution in [-0.4, -0.2) is 58.4 Å². The SMILES string of the molecule is CCN1CC[C@@H](C)[C@@H](Oc2ccc3c(c2)CN(N2C(=O)CCCC2=O)C3=O)C1. The fourth-order valence-electron chi connectivity index (χ4n) is 4.24. The molecule has 0 aliphatic carbocycles. The molecule has 28 heavy (non-hydrogen) atoms. The molecular formula is C21H27N3O4. The number of piperidine rings is 2. The zero-order chi connectivity index (χ0) is 19.8. The average molecular weight is 385 g/mol. The fraction of sp³-hybridized carbons (Fsp3) is 0.571. The van der Waals surface area contributed by atoms with E-state index in [2.05, 4.69) is 18.7 Å². The topological polar surface area (TPSA) is 70.2 Å². The van der Waals surface area contributed by atoms with Crippen molar-refractivity contribution in [2.75, 3.05) is 19.6 Å². The predicted molar refractivity (Wildman–Crippen MR) is 102 cm³/mol. The zero-order valence-electron chi connectivity index (χ0n) is 16.5. The van der Waals surface area contributed by atoms with Gasteiger partial charge in [-0.1, -0.05) is 13.8 Å². The Morgan fingerprint density at radius 2 is 1.89 bits per heavy atom. The van der Waals surface area contributed by atoms with Crippen LogP contribution >= 0.6 is 0 Å². The number of amides is 3. The summed E-state index contributed by atoms with van der Waals surface area (Å²) in [5.74, 6) is 0.305. The highest BCUT2D eigenvalue weighted by atomic mass is 16.5. The summed E-state index contributed by atoms with van der Waals surface area (Å²) in [5, 5.41) is 2.31. The van der Waals surface area contributed by atoms with E-state index in [0.717, 1.165) is 42.4 Å². The van der Waals surface area contributed by atoms with Crippen LogP contribution in [0.3, 0.4) is 0 Å². The van der Waals surface area contributed by atoms with Gasteiger partial charge in [-0.2, -0.15) is 5.01 Å². The minimum absolute atomic E-state index is 0.116. The van der Waals surface area contributed by atoms with Crippen LogP contribution in [0.4, 0.5) is 0 Å². The van der Waals surface area contributed by atoms with E-state index in [-0.39, 0.29) is 30.4 Å². The number of rotatable bonds is 4. The molecule has 7 heteroatoms. The van der Waals surface area contributed by atoms with Crippen LogP contribution in [0.1, 0.15) is 55.5 Å². The molecule has 1 aromatic carbocycles. The van der Waals surface area contributed by atoms with Crippen molar-refractivity contribution < 1.29 is 19.1 Å². The molecule has 1 aromatic rings. The summed E-state index contributed by atoms with van der Waals surface area (Å²) in [5.41, 5.74) is 1.33. The molecule has 3 amide bonds. The number of ether oxygens (including phenoxy) is 1. The first-order valence-corrected chi connectivity index (χ1v) is 10.2. The van der Waals surface area contributed by atoms with Gasteiger partial charge in [0.25, 0.3) is 5.91 Å². The van der Waals surface area contributed by atoms with Crippen molar-refractivity contribution in [3.05, 3.63) is 29.3 Å². The molecule has 7 nitrogen and oxygen atoms in total. The summed E-state index contributed by atoms with van der Waals surface area (Å²) in [6.07, 6.45) is 2.37. The molecule has 3 heterocycles. The fourth-order valence-corrected chi connectivity index (χ4v) is 4.24. The van der Waals surface area contributed by atoms with Gasteiger partial charge in [-0.25, -0.2) is 5.01 Å². The highest BCUT2D eigenvalue weighted by Crippen LogP contribution is 2.31. The van der Waals surface area contributed by atoms with Crippen LogP contribution in [0.5, 0.6) is 5.75 Å². The molecule has 2 saturated heterocycles. The number of carbonyl (C=O) groups is 3. The lowest BCUT2D eigenvalue weighted by Gasteiger charge is -2.36. The van der Waals surface area contributed by atoms with Crippen LogP contribution in [0, 0.1) is 5.92 Å². The maximum atomic E-state index is 12.8. The average Bonchev–Trinajstić information content (AvgIpc) is 2.99. The maximum absolute atomic E-state index is 12.8. The number of nitrogens with zero attached hydrogens (tertiary/aromatic N) is 3. The van der Waals surface area contributed by atoms with Crippen molar-refractivity contribution in [2.24, 2.45) is 5.92 Å². The van der Waals surface area contributed by atoms with Crippen molar-refractivity contribution in [1.82, 2.24) is 14.9 Å². The molecule has 0 N–H and O–H groups in total. The second-order valence-corrected chi connectivity index (χ2v) is 7.95. The number of likely N-dealkylation sites (tertiary alicyclic amines) is 1. The van der Waals surface area contributed by atoms with E-state index >= 15 is 0 Å². The Morgan fingerprint density at radius 3 is 2.61 bits per heavy atom. The van der Waals surface area contributed by atoms with Crippen LogP contribution in [-0.2, 0) is 16.1 Å². The van der Waals surface area contributed by atoms with E-state index in [9.17, 15) is 14.4 Å². The van der Waals surface area contributed by atoms with E-state index in [0.29, 0.717) is 30.7 Å². The van der Waals surface area contributed by atoms with Gasteiger partial charge in [0.15, 0.2) is 0 Å². The first-order valence-electron chi connectivity index (χ1n) is 10.2. The normalized spacial score (nSPS) is 26.0. The van der Waals surface area contributed by atoms with Gasteiger partial charge in [0.2, 0.25) is 11.8 Å². The first kappa shape index (κ1) is 18.9. The summed E-state index contributed by atoms with van der Waals surface area (Å²) < 4.78 is 6.26. The van der Waals surface area contributed by atoms with E-state index in [1.165, 1.54) is 5.01 Å². The third-order valence-electron chi connectivity index (χ3n) is 6.06. The predicted octanol–water partition coefficient (Wildman–Crippen LogP) is 2.21. The molecule has 150 valence electrons. The Kier molecular flexibility index (Phi) is 5.10. The lowest BCUT2D eigenvalue weighted by atomic mass is 9.96. The molecule has 3 aliphatic rings. The number of benzene rings is 1. The summed E-state index contributed by atoms with van der Waals surface area (Å²) in [6, 6.07) is 5.44. The minimum atomic E-state index is -0.301. The summed E-state index contributed by atoms with van der Waals surface area (Å²) in [6.45, 7) is 7.61. The molecule has 0 unspecified atom stereocenters. The Hall–Kier alpha value is -2.41. The molecule has 4 rings (SSSR count). The molecule has 2 fully saturated rings. The molecular weight excluding hydrogens is 358 g/mol. The van der Waals surface area contributed by atoms with E-state index in [1.807, 2.05) is 12.1 Å². The molecule has 0 saturated carbocycles. The third kappa shape index (κ3) is 3.39. The number of hydrazine groups is 1. The Labute approximate surface area is 165 Å². The molecule has 0 radical (unpaired) electrons. The second kappa shape index (κ2) is 7.54. The Morgan fingerprint density at radius 1 is 1.14 bits per heavy atom.